The fraction of sp³-hybridized carbons (Fsp3) is 0.524. The van der Waals surface area contributed by atoms with Gasteiger partial charge in [-0.25, -0.2) is 9.97 Å². The predicted molar refractivity (Wildman–Crippen MR) is 110 cm³/mol. The summed E-state index contributed by atoms with van der Waals surface area (Å²) in [6, 6.07) is 10.4. The molecule has 27 heavy (non-hydrogen) atoms. The SMILES string of the molecule is COc1ccccc1N1CCN(c2cc(N3CCCCCC3)ncn2)CC1. The number of hydrogen-bond donors (Lipinski definition) is 0. The van der Waals surface area contributed by atoms with Crippen molar-refractivity contribution in [1.82, 2.24) is 9.97 Å². The molecule has 0 radical (unpaired) electrons. The van der Waals surface area contributed by atoms with Gasteiger partial charge in [0.25, 0.3) is 0 Å². The van der Waals surface area contributed by atoms with Gasteiger partial charge in [-0.1, -0.05) is 25.0 Å². The van der Waals surface area contributed by atoms with Crippen molar-refractivity contribution in [3.05, 3.63) is 36.7 Å². The minimum Gasteiger partial charge on any atom is -0.495 e. The molecule has 6 heteroatoms. The first-order chi connectivity index (χ1) is 13.3. The summed E-state index contributed by atoms with van der Waals surface area (Å²) < 4.78 is 5.52. The molecule has 144 valence electrons. The number of aromatic nitrogens is 2. The Labute approximate surface area is 161 Å². The summed E-state index contributed by atoms with van der Waals surface area (Å²) in [6.07, 6.45) is 6.91. The molecule has 0 unspecified atom stereocenters. The highest BCUT2D eigenvalue weighted by molar-refractivity contribution is 5.60. The molecule has 0 atom stereocenters. The number of para-hydroxylation sites is 2. The average molecular weight is 367 g/mol. The van der Waals surface area contributed by atoms with Gasteiger partial charge in [0.2, 0.25) is 0 Å². The minimum absolute atomic E-state index is 0.941. The molecule has 6 nitrogen and oxygen atoms in total. The maximum absolute atomic E-state index is 5.52. The number of rotatable bonds is 4. The van der Waals surface area contributed by atoms with Gasteiger partial charge in [0.15, 0.2) is 0 Å². The molecule has 0 N–H and O–H groups in total. The van der Waals surface area contributed by atoms with Gasteiger partial charge in [-0.3, -0.25) is 0 Å². The smallest absolute Gasteiger partial charge is 0.142 e. The molecule has 0 amide bonds. The standard InChI is InChI=1S/C21H29N5O/c1-27-19-9-5-4-8-18(19)24-12-14-26(15-13-24)21-16-20(22-17-23-21)25-10-6-2-3-7-11-25/h4-5,8-9,16-17H,2-3,6-7,10-15H2,1H3. The number of methoxy groups -OCH3 is 1. The van der Waals surface area contributed by atoms with Gasteiger partial charge in [-0.05, 0) is 25.0 Å². The zero-order valence-electron chi connectivity index (χ0n) is 16.2. The van der Waals surface area contributed by atoms with Gasteiger partial charge >= 0.3 is 0 Å². The van der Waals surface area contributed by atoms with Gasteiger partial charge in [-0.2, -0.15) is 0 Å². The molecule has 3 heterocycles. The van der Waals surface area contributed by atoms with E-state index in [-0.39, 0.29) is 0 Å². The fourth-order valence-corrected chi connectivity index (χ4v) is 4.05. The second-order valence-electron chi connectivity index (χ2n) is 7.28. The summed E-state index contributed by atoms with van der Waals surface area (Å²) >= 11 is 0. The van der Waals surface area contributed by atoms with E-state index in [0.29, 0.717) is 0 Å². The fourth-order valence-electron chi connectivity index (χ4n) is 4.05. The first-order valence-corrected chi connectivity index (χ1v) is 10.0. The van der Waals surface area contributed by atoms with Crippen LogP contribution in [0.4, 0.5) is 17.3 Å². The van der Waals surface area contributed by atoms with Crippen LogP contribution in [0.5, 0.6) is 5.75 Å². The Morgan fingerprint density at radius 1 is 0.741 bits per heavy atom. The van der Waals surface area contributed by atoms with Crippen molar-refractivity contribution in [3.8, 4) is 5.75 Å². The lowest BCUT2D eigenvalue weighted by Gasteiger charge is -2.37. The van der Waals surface area contributed by atoms with Crippen LogP contribution in [0.3, 0.4) is 0 Å². The molecule has 1 aromatic carbocycles. The van der Waals surface area contributed by atoms with Crippen molar-refractivity contribution in [2.24, 2.45) is 0 Å². The lowest BCUT2D eigenvalue weighted by molar-refractivity contribution is 0.413. The van der Waals surface area contributed by atoms with Gasteiger partial charge in [0.1, 0.15) is 23.7 Å². The van der Waals surface area contributed by atoms with Crippen LogP contribution >= 0.6 is 0 Å². The maximum Gasteiger partial charge on any atom is 0.142 e. The number of ether oxygens (including phenoxy) is 1. The second kappa shape index (κ2) is 8.46. The van der Waals surface area contributed by atoms with Gasteiger partial charge in [0.05, 0.1) is 12.8 Å². The third-order valence-electron chi connectivity index (χ3n) is 5.60. The van der Waals surface area contributed by atoms with E-state index in [1.165, 1.54) is 31.4 Å². The largest absolute Gasteiger partial charge is 0.495 e. The monoisotopic (exact) mass is 367 g/mol. The minimum atomic E-state index is 0.941. The van der Waals surface area contributed by atoms with Crippen LogP contribution in [-0.4, -0.2) is 56.3 Å². The molecule has 0 spiro atoms. The Balaban J connectivity index is 1.43. The Morgan fingerprint density at radius 3 is 2.00 bits per heavy atom. The zero-order valence-corrected chi connectivity index (χ0v) is 16.2. The molecule has 0 bridgehead atoms. The summed E-state index contributed by atoms with van der Waals surface area (Å²) in [5, 5.41) is 0. The third-order valence-corrected chi connectivity index (χ3v) is 5.60. The van der Waals surface area contributed by atoms with Crippen molar-refractivity contribution in [1.29, 1.82) is 0 Å². The number of hydrogen-bond acceptors (Lipinski definition) is 6. The van der Waals surface area contributed by atoms with Gasteiger partial charge < -0.3 is 19.4 Å². The summed E-state index contributed by atoms with van der Waals surface area (Å²) in [7, 11) is 1.74. The molecule has 2 saturated heterocycles. The highest BCUT2D eigenvalue weighted by Crippen LogP contribution is 2.29. The Morgan fingerprint density at radius 2 is 1.33 bits per heavy atom. The first kappa shape index (κ1) is 17.9. The number of benzene rings is 1. The lowest BCUT2D eigenvalue weighted by atomic mass is 10.2. The molecule has 2 aromatic rings. The van der Waals surface area contributed by atoms with Crippen LogP contribution in [0, 0.1) is 0 Å². The topological polar surface area (TPSA) is 44.7 Å². The van der Waals surface area contributed by atoms with Crippen LogP contribution in [0.25, 0.3) is 0 Å². The second-order valence-corrected chi connectivity index (χ2v) is 7.28. The number of nitrogens with zero attached hydrogens (tertiary/aromatic N) is 5. The molecular weight excluding hydrogens is 338 g/mol. The Kier molecular flexibility index (Phi) is 5.61. The van der Waals surface area contributed by atoms with E-state index < -0.39 is 0 Å². The van der Waals surface area contributed by atoms with Crippen LogP contribution in [-0.2, 0) is 0 Å². The normalized spacial score (nSPS) is 18.3. The van der Waals surface area contributed by atoms with Crippen LogP contribution < -0.4 is 19.4 Å². The van der Waals surface area contributed by atoms with Crippen LogP contribution in [0.2, 0.25) is 0 Å². The highest BCUT2D eigenvalue weighted by Gasteiger charge is 2.21. The van der Waals surface area contributed by atoms with Gasteiger partial charge in [-0.15, -0.1) is 0 Å². The zero-order chi connectivity index (χ0) is 18.5. The molecule has 4 rings (SSSR count). The van der Waals surface area contributed by atoms with Crippen LogP contribution in [0.15, 0.2) is 36.7 Å². The summed E-state index contributed by atoms with van der Waals surface area (Å²) in [5.41, 5.74) is 1.17. The van der Waals surface area contributed by atoms with E-state index in [2.05, 4.69) is 42.9 Å². The Bertz CT molecular complexity index is 737. The predicted octanol–water partition coefficient (Wildman–Crippen LogP) is 3.19. The van der Waals surface area contributed by atoms with Gasteiger partial charge in [0, 0.05) is 45.3 Å². The van der Waals surface area contributed by atoms with Crippen LogP contribution in [0.1, 0.15) is 25.7 Å². The third kappa shape index (κ3) is 4.10. The molecule has 0 saturated carbocycles. The van der Waals surface area contributed by atoms with Crippen molar-refractivity contribution in [3.63, 3.8) is 0 Å². The van der Waals surface area contributed by atoms with E-state index in [4.69, 9.17) is 4.74 Å². The van der Waals surface area contributed by atoms with Crippen molar-refractivity contribution in [2.45, 2.75) is 25.7 Å². The maximum atomic E-state index is 5.52. The number of anilines is 3. The van der Waals surface area contributed by atoms with E-state index >= 15 is 0 Å². The van der Waals surface area contributed by atoms with Crippen molar-refractivity contribution >= 4 is 17.3 Å². The molecule has 2 fully saturated rings. The molecule has 2 aliphatic heterocycles. The summed E-state index contributed by atoms with van der Waals surface area (Å²) in [6.45, 7) is 6.05. The molecular formula is C21H29N5O. The highest BCUT2D eigenvalue weighted by atomic mass is 16.5. The van der Waals surface area contributed by atoms with Crippen molar-refractivity contribution in [2.75, 3.05) is 61.1 Å². The van der Waals surface area contributed by atoms with E-state index in [1.54, 1.807) is 13.4 Å². The first-order valence-electron chi connectivity index (χ1n) is 10.0. The summed E-state index contributed by atoms with van der Waals surface area (Å²) in [4.78, 5) is 16.3. The van der Waals surface area contributed by atoms with Crippen molar-refractivity contribution < 1.29 is 4.74 Å². The molecule has 2 aliphatic rings. The average Bonchev–Trinajstić information content (AvgIpc) is 3.04. The molecule has 1 aromatic heterocycles. The number of piperazine rings is 1. The Hall–Kier alpha value is -2.50. The lowest BCUT2D eigenvalue weighted by Crippen LogP contribution is -2.47. The molecule has 0 aliphatic carbocycles. The van der Waals surface area contributed by atoms with E-state index in [9.17, 15) is 0 Å². The van der Waals surface area contributed by atoms with E-state index in [1.807, 2.05) is 12.1 Å². The van der Waals surface area contributed by atoms with E-state index in [0.717, 1.165) is 56.7 Å². The quantitative estimate of drug-likeness (QED) is 0.827. The summed E-state index contributed by atoms with van der Waals surface area (Å²) in [5.74, 6) is 3.06.